The summed E-state index contributed by atoms with van der Waals surface area (Å²) in [6.07, 6.45) is 1.81. The van der Waals surface area contributed by atoms with Crippen molar-refractivity contribution in [3.63, 3.8) is 0 Å². The first-order valence-electron chi connectivity index (χ1n) is 4.93. The minimum absolute atomic E-state index is 0.0197. The van der Waals surface area contributed by atoms with Gasteiger partial charge in [0.15, 0.2) is 9.84 Å². The smallest absolute Gasteiger partial charge is 0.150 e. The second-order valence-corrected chi connectivity index (χ2v) is 7.41. The van der Waals surface area contributed by atoms with E-state index in [4.69, 9.17) is 0 Å². The van der Waals surface area contributed by atoms with Crippen molar-refractivity contribution in [2.24, 2.45) is 10.8 Å². The van der Waals surface area contributed by atoms with Crippen LogP contribution < -0.4 is 0 Å². The first-order chi connectivity index (χ1) is 5.72. The minimum Gasteiger partial charge on any atom is -0.229 e. The van der Waals surface area contributed by atoms with E-state index >= 15 is 0 Å². The van der Waals surface area contributed by atoms with Crippen LogP contribution in [0.3, 0.4) is 0 Å². The summed E-state index contributed by atoms with van der Waals surface area (Å²) < 4.78 is 22.9. The molecule has 1 heterocycles. The van der Waals surface area contributed by atoms with E-state index in [0.717, 1.165) is 12.8 Å². The Labute approximate surface area is 81.6 Å². The fourth-order valence-corrected chi connectivity index (χ4v) is 4.79. The predicted molar refractivity (Wildman–Crippen MR) is 55.4 cm³/mol. The quantitative estimate of drug-likeness (QED) is 0.656. The minimum atomic E-state index is -2.75. The maximum absolute atomic E-state index is 11.5. The van der Waals surface area contributed by atoms with Crippen molar-refractivity contribution in [2.75, 3.05) is 11.5 Å². The van der Waals surface area contributed by atoms with Crippen molar-refractivity contribution >= 4 is 9.84 Å². The van der Waals surface area contributed by atoms with Gasteiger partial charge in [-0.1, -0.05) is 27.7 Å². The van der Waals surface area contributed by atoms with Crippen molar-refractivity contribution in [1.29, 1.82) is 0 Å². The molecule has 78 valence electrons. The predicted octanol–water partition coefficient (Wildman–Crippen LogP) is 2.25. The van der Waals surface area contributed by atoms with Gasteiger partial charge in [0.05, 0.1) is 11.5 Å². The highest BCUT2D eigenvalue weighted by molar-refractivity contribution is 7.91. The highest BCUT2D eigenvalue weighted by Crippen LogP contribution is 2.49. The van der Waals surface area contributed by atoms with Crippen LogP contribution in [0.1, 0.15) is 40.5 Å². The molecule has 0 amide bonds. The van der Waals surface area contributed by atoms with E-state index in [1.165, 1.54) is 0 Å². The van der Waals surface area contributed by atoms with E-state index in [0.29, 0.717) is 11.5 Å². The molecule has 3 heteroatoms. The molecule has 0 bridgehead atoms. The van der Waals surface area contributed by atoms with Crippen LogP contribution in [-0.4, -0.2) is 19.9 Å². The Morgan fingerprint density at radius 2 is 1.85 bits per heavy atom. The van der Waals surface area contributed by atoms with Crippen LogP contribution in [0.2, 0.25) is 0 Å². The van der Waals surface area contributed by atoms with Crippen LogP contribution in [0.4, 0.5) is 0 Å². The third kappa shape index (κ3) is 1.90. The lowest BCUT2D eigenvalue weighted by Gasteiger charge is -2.40. The van der Waals surface area contributed by atoms with Gasteiger partial charge in [0, 0.05) is 0 Å². The maximum Gasteiger partial charge on any atom is 0.150 e. The Balaban J connectivity index is 3.00. The molecule has 13 heavy (non-hydrogen) atoms. The van der Waals surface area contributed by atoms with Crippen molar-refractivity contribution in [3.05, 3.63) is 0 Å². The summed E-state index contributed by atoms with van der Waals surface area (Å²) in [7, 11) is -2.75. The first-order valence-corrected chi connectivity index (χ1v) is 6.75. The van der Waals surface area contributed by atoms with Gasteiger partial charge in [0.2, 0.25) is 0 Å². The maximum atomic E-state index is 11.5. The van der Waals surface area contributed by atoms with Crippen LogP contribution in [0.5, 0.6) is 0 Å². The molecule has 1 rings (SSSR count). The zero-order valence-electron chi connectivity index (χ0n) is 9.05. The number of hydrogen-bond acceptors (Lipinski definition) is 2. The number of sulfone groups is 1. The molecule has 0 aromatic heterocycles. The van der Waals surface area contributed by atoms with E-state index in [2.05, 4.69) is 27.7 Å². The van der Waals surface area contributed by atoms with Crippen LogP contribution in [-0.2, 0) is 9.84 Å². The van der Waals surface area contributed by atoms with E-state index in [9.17, 15) is 8.42 Å². The molecular weight excluding hydrogens is 184 g/mol. The summed E-state index contributed by atoms with van der Waals surface area (Å²) in [6.45, 7) is 8.55. The Morgan fingerprint density at radius 3 is 2.00 bits per heavy atom. The molecule has 0 spiro atoms. The number of rotatable bonds is 1. The average Bonchev–Trinajstić information content (AvgIpc) is 2.26. The lowest BCUT2D eigenvalue weighted by atomic mass is 9.65. The molecule has 1 aliphatic rings. The van der Waals surface area contributed by atoms with E-state index in [1.54, 1.807) is 0 Å². The fourth-order valence-electron chi connectivity index (χ4n) is 2.32. The molecule has 0 aromatic rings. The van der Waals surface area contributed by atoms with Crippen LogP contribution in [0, 0.1) is 10.8 Å². The summed E-state index contributed by atoms with van der Waals surface area (Å²) in [5, 5.41) is 0. The fraction of sp³-hybridized carbons (Fsp3) is 1.00. The first kappa shape index (κ1) is 11.0. The van der Waals surface area contributed by atoms with E-state index in [1.807, 2.05) is 0 Å². The van der Waals surface area contributed by atoms with Crippen LogP contribution >= 0.6 is 0 Å². The van der Waals surface area contributed by atoms with Gasteiger partial charge in [-0.25, -0.2) is 8.42 Å². The average molecular weight is 204 g/mol. The summed E-state index contributed by atoms with van der Waals surface area (Å²) in [6, 6.07) is 0. The summed E-state index contributed by atoms with van der Waals surface area (Å²) in [4.78, 5) is 0. The molecule has 1 saturated heterocycles. The molecule has 0 aromatic carbocycles. The molecule has 0 saturated carbocycles. The Kier molecular flexibility index (Phi) is 2.52. The summed E-state index contributed by atoms with van der Waals surface area (Å²) >= 11 is 0. The second kappa shape index (κ2) is 2.97. The Morgan fingerprint density at radius 1 is 1.31 bits per heavy atom. The van der Waals surface area contributed by atoms with Crippen LogP contribution in [0.25, 0.3) is 0 Å². The van der Waals surface area contributed by atoms with Crippen LogP contribution in [0.15, 0.2) is 0 Å². The largest absolute Gasteiger partial charge is 0.229 e. The Hall–Kier alpha value is -0.0500. The van der Waals surface area contributed by atoms with Gasteiger partial charge < -0.3 is 0 Å². The normalized spacial score (nSPS) is 33.5. The summed E-state index contributed by atoms with van der Waals surface area (Å²) in [5.74, 6) is 0.776. The third-order valence-electron chi connectivity index (χ3n) is 3.66. The molecular formula is C10H20O2S. The van der Waals surface area contributed by atoms with E-state index in [-0.39, 0.29) is 10.8 Å². The zero-order chi connectivity index (χ0) is 10.3. The Bertz CT molecular complexity index is 285. The molecule has 1 atom stereocenters. The van der Waals surface area contributed by atoms with Crippen molar-refractivity contribution < 1.29 is 8.42 Å². The molecule has 0 N–H and O–H groups in total. The number of hydrogen-bond donors (Lipinski definition) is 0. The molecule has 0 aliphatic carbocycles. The lowest BCUT2D eigenvalue weighted by molar-refractivity contribution is 0.111. The van der Waals surface area contributed by atoms with Crippen molar-refractivity contribution in [2.45, 2.75) is 40.5 Å². The molecule has 1 fully saturated rings. The van der Waals surface area contributed by atoms with Crippen molar-refractivity contribution in [3.8, 4) is 0 Å². The topological polar surface area (TPSA) is 34.1 Å². The van der Waals surface area contributed by atoms with Gasteiger partial charge in [-0.2, -0.15) is 0 Å². The SMILES string of the molecule is CCC1(C(C)(C)C)CCS(=O)(=O)C1. The highest BCUT2D eigenvalue weighted by Gasteiger charge is 2.48. The highest BCUT2D eigenvalue weighted by atomic mass is 32.2. The van der Waals surface area contributed by atoms with Crippen molar-refractivity contribution in [1.82, 2.24) is 0 Å². The molecule has 1 unspecified atom stereocenters. The monoisotopic (exact) mass is 204 g/mol. The van der Waals surface area contributed by atoms with Gasteiger partial charge in [0.25, 0.3) is 0 Å². The molecule has 2 nitrogen and oxygen atoms in total. The van der Waals surface area contributed by atoms with Gasteiger partial charge in [-0.05, 0) is 23.7 Å². The molecule has 0 radical (unpaired) electrons. The lowest BCUT2D eigenvalue weighted by Crippen LogP contribution is -2.36. The third-order valence-corrected chi connectivity index (χ3v) is 5.47. The van der Waals surface area contributed by atoms with E-state index < -0.39 is 9.84 Å². The second-order valence-electron chi connectivity index (χ2n) is 5.23. The molecule has 1 aliphatic heterocycles. The van der Waals surface area contributed by atoms with Gasteiger partial charge in [0.1, 0.15) is 0 Å². The van der Waals surface area contributed by atoms with Gasteiger partial charge in [-0.15, -0.1) is 0 Å². The standard InChI is InChI=1S/C10H20O2S/c1-5-10(9(2,3)4)6-7-13(11,12)8-10/h5-8H2,1-4H3. The zero-order valence-corrected chi connectivity index (χ0v) is 9.87. The van der Waals surface area contributed by atoms with Gasteiger partial charge >= 0.3 is 0 Å². The summed E-state index contributed by atoms with van der Waals surface area (Å²) in [5.41, 5.74) is 0.122. The van der Waals surface area contributed by atoms with Gasteiger partial charge in [-0.3, -0.25) is 0 Å².